The quantitative estimate of drug-likeness (QED) is 0.904. The second-order valence-electron chi connectivity index (χ2n) is 3.86. The van der Waals surface area contributed by atoms with E-state index in [0.29, 0.717) is 23.7 Å². The number of halogens is 2. The maximum Gasteiger partial charge on any atom is 0.138 e. The molecule has 0 radical (unpaired) electrons. The number of nitrogens with one attached hydrogen (secondary N) is 1. The van der Waals surface area contributed by atoms with Gasteiger partial charge in [0.2, 0.25) is 0 Å². The Morgan fingerprint density at radius 1 is 1.33 bits per heavy atom. The predicted octanol–water partition coefficient (Wildman–Crippen LogP) is 3.75. The van der Waals surface area contributed by atoms with E-state index in [1.807, 2.05) is 12.3 Å². The van der Waals surface area contributed by atoms with Crippen LogP contribution >= 0.6 is 34.5 Å². The van der Waals surface area contributed by atoms with Crippen LogP contribution in [0.1, 0.15) is 16.3 Å². The Balaban J connectivity index is 1.98. The molecule has 2 N–H and O–H groups in total. The fourth-order valence-corrected chi connectivity index (χ4v) is 2.72. The Morgan fingerprint density at radius 2 is 2.11 bits per heavy atom. The van der Waals surface area contributed by atoms with Crippen LogP contribution in [-0.2, 0) is 13.1 Å². The molecule has 1 aromatic carbocycles. The normalized spacial score (nSPS) is 10.8. The van der Waals surface area contributed by atoms with Crippen LogP contribution in [0.25, 0.3) is 0 Å². The summed E-state index contributed by atoms with van der Waals surface area (Å²) in [5.74, 6) is 0.0722. The van der Waals surface area contributed by atoms with Gasteiger partial charge in [-0.05, 0) is 19.1 Å². The number of phenolic OH excluding ortho intramolecular Hbond substituents is 1. The maximum atomic E-state index is 9.78. The van der Waals surface area contributed by atoms with Crippen molar-refractivity contribution in [2.45, 2.75) is 20.0 Å². The smallest absolute Gasteiger partial charge is 0.138 e. The molecular weight excluding hydrogens is 291 g/mol. The van der Waals surface area contributed by atoms with Crippen LogP contribution in [0, 0.1) is 6.92 Å². The number of nitrogens with zero attached hydrogens (tertiary/aromatic N) is 1. The molecule has 0 aliphatic heterocycles. The monoisotopic (exact) mass is 302 g/mol. The highest BCUT2D eigenvalue weighted by Crippen LogP contribution is 2.30. The zero-order valence-electron chi connectivity index (χ0n) is 9.70. The molecule has 3 nitrogen and oxygen atoms in total. The fourth-order valence-electron chi connectivity index (χ4n) is 1.57. The van der Waals surface area contributed by atoms with E-state index < -0.39 is 0 Å². The molecule has 0 aliphatic carbocycles. The van der Waals surface area contributed by atoms with Crippen LogP contribution in [0.15, 0.2) is 17.5 Å². The number of aromatic nitrogens is 1. The van der Waals surface area contributed by atoms with Gasteiger partial charge in [0, 0.05) is 29.1 Å². The fraction of sp³-hybridized carbons (Fsp3) is 0.250. The summed E-state index contributed by atoms with van der Waals surface area (Å²) in [5.41, 5.74) is 1.67. The molecular formula is C12H12Cl2N2OS. The van der Waals surface area contributed by atoms with Gasteiger partial charge in [0.15, 0.2) is 0 Å². The van der Waals surface area contributed by atoms with E-state index in [9.17, 15) is 5.11 Å². The van der Waals surface area contributed by atoms with E-state index in [1.54, 1.807) is 17.4 Å². The first kappa shape index (κ1) is 13.6. The number of aromatic hydroxyl groups is 1. The first-order valence-corrected chi connectivity index (χ1v) is 6.98. The molecule has 1 aromatic heterocycles. The van der Waals surface area contributed by atoms with E-state index in [-0.39, 0.29) is 10.8 Å². The summed E-state index contributed by atoms with van der Waals surface area (Å²) >= 11 is 13.3. The van der Waals surface area contributed by atoms with Gasteiger partial charge in [-0.15, -0.1) is 11.3 Å². The molecule has 2 rings (SSSR count). The lowest BCUT2D eigenvalue weighted by molar-refractivity contribution is 0.464. The van der Waals surface area contributed by atoms with E-state index in [2.05, 4.69) is 10.3 Å². The molecule has 2 aromatic rings. The lowest BCUT2D eigenvalue weighted by Crippen LogP contribution is -2.13. The van der Waals surface area contributed by atoms with Crippen molar-refractivity contribution in [2.24, 2.45) is 0 Å². The molecule has 18 heavy (non-hydrogen) atoms. The van der Waals surface area contributed by atoms with Crippen molar-refractivity contribution in [3.8, 4) is 5.75 Å². The Kier molecular flexibility index (Phi) is 4.45. The van der Waals surface area contributed by atoms with Gasteiger partial charge in [0.1, 0.15) is 5.75 Å². The topological polar surface area (TPSA) is 45.2 Å². The van der Waals surface area contributed by atoms with Crippen LogP contribution < -0.4 is 5.32 Å². The Labute approximate surface area is 119 Å². The highest BCUT2D eigenvalue weighted by atomic mass is 35.5. The molecule has 0 bridgehead atoms. The number of hydrogen-bond acceptors (Lipinski definition) is 4. The van der Waals surface area contributed by atoms with E-state index in [1.165, 1.54) is 6.07 Å². The first-order chi connectivity index (χ1) is 8.56. The van der Waals surface area contributed by atoms with Gasteiger partial charge in [-0.1, -0.05) is 23.2 Å². The lowest BCUT2D eigenvalue weighted by atomic mass is 10.2. The second kappa shape index (κ2) is 5.89. The molecule has 0 fully saturated rings. The summed E-state index contributed by atoms with van der Waals surface area (Å²) in [7, 11) is 0. The second-order valence-corrected chi connectivity index (χ2v) is 5.76. The molecule has 0 saturated carbocycles. The summed E-state index contributed by atoms with van der Waals surface area (Å²) in [6.07, 6.45) is 0. The van der Waals surface area contributed by atoms with Gasteiger partial charge in [-0.3, -0.25) is 0 Å². The standard InChI is InChI=1S/C12H12Cl2N2OS/c1-7-16-10(6-18-7)5-15-4-8-2-9(13)3-11(14)12(8)17/h2-3,6,15,17H,4-5H2,1H3. The van der Waals surface area contributed by atoms with Gasteiger partial charge < -0.3 is 10.4 Å². The van der Waals surface area contributed by atoms with Crippen LogP contribution in [0.5, 0.6) is 5.75 Å². The highest BCUT2D eigenvalue weighted by molar-refractivity contribution is 7.09. The summed E-state index contributed by atoms with van der Waals surface area (Å²) < 4.78 is 0. The molecule has 0 atom stereocenters. The third-order valence-corrected chi connectivity index (χ3v) is 3.72. The molecule has 0 spiro atoms. The number of benzene rings is 1. The van der Waals surface area contributed by atoms with Crippen molar-refractivity contribution in [3.05, 3.63) is 43.8 Å². The van der Waals surface area contributed by atoms with Gasteiger partial charge in [0.25, 0.3) is 0 Å². The van der Waals surface area contributed by atoms with Crippen LogP contribution in [0.2, 0.25) is 10.0 Å². The van der Waals surface area contributed by atoms with Crippen LogP contribution in [0.4, 0.5) is 0 Å². The Hall–Kier alpha value is -0.810. The average molecular weight is 303 g/mol. The average Bonchev–Trinajstić information content (AvgIpc) is 2.71. The zero-order valence-corrected chi connectivity index (χ0v) is 12.0. The van der Waals surface area contributed by atoms with Crippen LogP contribution in [-0.4, -0.2) is 10.1 Å². The van der Waals surface area contributed by atoms with E-state index in [4.69, 9.17) is 23.2 Å². The molecule has 0 saturated heterocycles. The van der Waals surface area contributed by atoms with E-state index in [0.717, 1.165) is 10.7 Å². The van der Waals surface area contributed by atoms with Crippen molar-refractivity contribution in [1.29, 1.82) is 0 Å². The summed E-state index contributed by atoms with van der Waals surface area (Å²) in [4.78, 5) is 4.34. The van der Waals surface area contributed by atoms with Crippen molar-refractivity contribution in [3.63, 3.8) is 0 Å². The summed E-state index contributed by atoms with van der Waals surface area (Å²) in [5, 5.41) is 16.8. The van der Waals surface area contributed by atoms with E-state index >= 15 is 0 Å². The van der Waals surface area contributed by atoms with Gasteiger partial charge >= 0.3 is 0 Å². The maximum absolute atomic E-state index is 9.78. The third-order valence-electron chi connectivity index (χ3n) is 2.40. The number of rotatable bonds is 4. The highest BCUT2D eigenvalue weighted by Gasteiger charge is 2.07. The first-order valence-electron chi connectivity index (χ1n) is 5.35. The SMILES string of the molecule is Cc1nc(CNCc2cc(Cl)cc(Cl)c2O)cs1. The predicted molar refractivity (Wildman–Crippen MR) is 75.5 cm³/mol. The molecule has 1 heterocycles. The molecule has 96 valence electrons. The molecule has 0 aliphatic rings. The minimum atomic E-state index is 0.0722. The van der Waals surface area contributed by atoms with Gasteiger partial charge in [-0.25, -0.2) is 4.98 Å². The van der Waals surface area contributed by atoms with Crippen molar-refractivity contribution < 1.29 is 5.11 Å². The number of thiazole rings is 1. The number of hydrogen-bond donors (Lipinski definition) is 2. The van der Waals surface area contributed by atoms with Crippen molar-refractivity contribution >= 4 is 34.5 Å². The minimum absolute atomic E-state index is 0.0722. The molecule has 0 amide bonds. The minimum Gasteiger partial charge on any atom is -0.506 e. The zero-order chi connectivity index (χ0) is 13.1. The van der Waals surface area contributed by atoms with Crippen molar-refractivity contribution in [1.82, 2.24) is 10.3 Å². The Bertz CT molecular complexity index is 557. The largest absolute Gasteiger partial charge is 0.506 e. The Morgan fingerprint density at radius 3 is 2.78 bits per heavy atom. The third kappa shape index (κ3) is 3.36. The van der Waals surface area contributed by atoms with Gasteiger partial charge in [0.05, 0.1) is 15.7 Å². The number of aryl methyl sites for hydroxylation is 1. The van der Waals surface area contributed by atoms with Crippen LogP contribution in [0.3, 0.4) is 0 Å². The lowest BCUT2D eigenvalue weighted by Gasteiger charge is -2.08. The van der Waals surface area contributed by atoms with Gasteiger partial charge in [-0.2, -0.15) is 0 Å². The van der Waals surface area contributed by atoms with Crippen molar-refractivity contribution in [2.75, 3.05) is 0 Å². The molecule has 0 unspecified atom stereocenters. The molecule has 6 heteroatoms. The summed E-state index contributed by atoms with van der Waals surface area (Å²) in [6, 6.07) is 3.22. The summed E-state index contributed by atoms with van der Waals surface area (Å²) in [6.45, 7) is 3.10. The number of phenols is 1.